The summed E-state index contributed by atoms with van der Waals surface area (Å²) in [5.74, 6) is 0.876. The van der Waals surface area contributed by atoms with Gasteiger partial charge in [-0.1, -0.05) is 55.5 Å². The fourth-order valence-electron chi connectivity index (χ4n) is 3.68. The van der Waals surface area contributed by atoms with Crippen molar-refractivity contribution in [1.29, 1.82) is 0 Å². The van der Waals surface area contributed by atoms with Gasteiger partial charge in [-0.2, -0.15) is 0 Å². The van der Waals surface area contributed by atoms with Crippen LogP contribution in [0.15, 0.2) is 59.9 Å². The van der Waals surface area contributed by atoms with Crippen molar-refractivity contribution in [3.8, 4) is 0 Å². The molecule has 0 heterocycles. The Labute approximate surface area is 130 Å². The van der Waals surface area contributed by atoms with Crippen LogP contribution in [0.1, 0.15) is 58.4 Å². The second-order valence-corrected chi connectivity index (χ2v) is 6.86. The van der Waals surface area contributed by atoms with Crippen molar-refractivity contribution < 1.29 is 0 Å². The van der Waals surface area contributed by atoms with Crippen molar-refractivity contribution >= 4 is 0 Å². The minimum Gasteiger partial charge on any atom is -0.125 e. The second-order valence-electron chi connectivity index (χ2n) is 6.86. The van der Waals surface area contributed by atoms with E-state index in [9.17, 15) is 0 Å². The first kappa shape index (κ1) is 15.9. The summed E-state index contributed by atoms with van der Waals surface area (Å²) >= 11 is 0. The Hall–Kier alpha value is -1.52. The van der Waals surface area contributed by atoms with Crippen LogP contribution in [0, 0.1) is 5.92 Å². The van der Waals surface area contributed by atoms with Crippen LogP contribution in [0.5, 0.6) is 0 Å². The molecular weight excluding hydrogens is 252 g/mol. The largest absolute Gasteiger partial charge is 0.125 e. The van der Waals surface area contributed by atoms with Crippen LogP contribution in [0.25, 0.3) is 0 Å². The molecule has 0 aliphatic heterocycles. The van der Waals surface area contributed by atoms with Gasteiger partial charge < -0.3 is 0 Å². The van der Waals surface area contributed by atoms with E-state index in [1.807, 2.05) is 0 Å². The highest BCUT2D eigenvalue weighted by atomic mass is 14.4. The zero-order valence-corrected chi connectivity index (χ0v) is 13.8. The number of allylic oxidation sites excluding steroid dienone is 3. The Morgan fingerprint density at radius 1 is 1.24 bits per heavy atom. The van der Waals surface area contributed by atoms with Crippen molar-refractivity contribution in [1.82, 2.24) is 0 Å². The molecule has 0 aromatic heterocycles. The van der Waals surface area contributed by atoms with Crippen LogP contribution >= 0.6 is 0 Å². The van der Waals surface area contributed by atoms with Crippen molar-refractivity contribution in [3.63, 3.8) is 0 Å². The molecule has 0 N–H and O–H groups in total. The Kier molecular flexibility index (Phi) is 5.26. The first-order valence-electron chi connectivity index (χ1n) is 8.15. The molecule has 1 aliphatic rings. The van der Waals surface area contributed by atoms with Gasteiger partial charge in [-0.25, -0.2) is 0 Å². The average Bonchev–Trinajstić information content (AvgIpc) is 2.50. The Morgan fingerprint density at radius 3 is 2.43 bits per heavy atom. The highest BCUT2D eigenvalue weighted by Gasteiger charge is 2.35. The number of benzene rings is 1. The summed E-state index contributed by atoms with van der Waals surface area (Å²) in [7, 11) is 0. The van der Waals surface area contributed by atoms with Gasteiger partial charge in [0.05, 0.1) is 0 Å². The molecule has 0 atom stereocenters. The predicted octanol–water partition coefficient (Wildman–Crippen LogP) is 6.20. The van der Waals surface area contributed by atoms with Crippen molar-refractivity contribution in [2.75, 3.05) is 0 Å². The zero-order valence-electron chi connectivity index (χ0n) is 13.8. The lowest BCUT2D eigenvalue weighted by atomic mass is 9.64. The van der Waals surface area contributed by atoms with Crippen LogP contribution in [-0.4, -0.2) is 0 Å². The van der Waals surface area contributed by atoms with E-state index in [0.29, 0.717) is 5.41 Å². The van der Waals surface area contributed by atoms with Gasteiger partial charge in [0.15, 0.2) is 0 Å². The summed E-state index contributed by atoms with van der Waals surface area (Å²) in [4.78, 5) is 0. The van der Waals surface area contributed by atoms with Crippen LogP contribution in [0.4, 0.5) is 0 Å². The molecule has 1 saturated carbocycles. The SMILES string of the molecule is C=C=C(C)C=C(C)CC1(c2ccccc2)CCC(C)CC1. The molecule has 0 spiro atoms. The van der Waals surface area contributed by atoms with E-state index < -0.39 is 0 Å². The molecule has 1 aliphatic carbocycles. The van der Waals surface area contributed by atoms with Crippen LogP contribution < -0.4 is 0 Å². The quantitative estimate of drug-likeness (QED) is 0.455. The van der Waals surface area contributed by atoms with Gasteiger partial charge in [0, 0.05) is 0 Å². The lowest BCUT2D eigenvalue weighted by molar-refractivity contribution is 0.239. The van der Waals surface area contributed by atoms with Gasteiger partial charge in [-0.05, 0) is 68.4 Å². The number of hydrogen-bond donors (Lipinski definition) is 0. The topological polar surface area (TPSA) is 0 Å². The summed E-state index contributed by atoms with van der Waals surface area (Å²) < 4.78 is 0. The monoisotopic (exact) mass is 280 g/mol. The van der Waals surface area contributed by atoms with Crippen LogP contribution in [0.2, 0.25) is 0 Å². The Balaban J connectivity index is 2.29. The van der Waals surface area contributed by atoms with Gasteiger partial charge in [-0.3, -0.25) is 0 Å². The smallest absolute Gasteiger partial charge is 0.000967 e. The fourth-order valence-corrected chi connectivity index (χ4v) is 3.68. The number of rotatable bonds is 4. The van der Waals surface area contributed by atoms with E-state index in [0.717, 1.165) is 17.9 Å². The van der Waals surface area contributed by atoms with Crippen LogP contribution in [-0.2, 0) is 5.41 Å². The molecule has 1 aromatic rings. The molecule has 0 unspecified atom stereocenters. The molecule has 1 fully saturated rings. The van der Waals surface area contributed by atoms with E-state index >= 15 is 0 Å². The highest BCUT2D eigenvalue weighted by Crippen LogP contribution is 2.45. The summed E-state index contributed by atoms with van der Waals surface area (Å²) in [6, 6.07) is 11.1. The van der Waals surface area contributed by atoms with Crippen molar-refractivity contribution in [3.05, 3.63) is 65.4 Å². The average molecular weight is 280 g/mol. The summed E-state index contributed by atoms with van der Waals surface area (Å²) in [6.07, 6.45) is 8.70. The standard InChI is InChI=1S/C21H28/c1-5-17(2)15-19(4)16-21(13-11-18(3)12-14-21)20-9-7-6-8-10-20/h6-10,15,18H,1,11-14,16H2,2-4H3. The maximum atomic E-state index is 3.74. The lowest BCUT2D eigenvalue weighted by Gasteiger charge is -2.40. The second kappa shape index (κ2) is 6.96. The van der Waals surface area contributed by atoms with Crippen molar-refractivity contribution in [2.45, 2.75) is 58.3 Å². The van der Waals surface area contributed by atoms with E-state index in [1.54, 1.807) is 0 Å². The first-order valence-corrected chi connectivity index (χ1v) is 8.15. The molecule has 0 radical (unpaired) electrons. The molecule has 0 amide bonds. The summed E-state index contributed by atoms with van der Waals surface area (Å²) in [5, 5.41) is 0. The summed E-state index contributed by atoms with van der Waals surface area (Å²) in [6.45, 7) is 10.5. The fraction of sp³-hybridized carbons (Fsp3) is 0.476. The van der Waals surface area contributed by atoms with Gasteiger partial charge in [0.25, 0.3) is 0 Å². The molecule has 2 rings (SSSR count). The molecule has 0 heteroatoms. The maximum Gasteiger partial charge on any atom is -0.000967 e. The molecule has 21 heavy (non-hydrogen) atoms. The van der Waals surface area contributed by atoms with Gasteiger partial charge in [0.1, 0.15) is 0 Å². The van der Waals surface area contributed by atoms with E-state index in [-0.39, 0.29) is 0 Å². The Bertz CT molecular complexity index is 533. The highest BCUT2D eigenvalue weighted by molar-refractivity contribution is 5.30. The van der Waals surface area contributed by atoms with Gasteiger partial charge in [0.2, 0.25) is 0 Å². The third-order valence-corrected chi connectivity index (χ3v) is 4.98. The predicted molar refractivity (Wildman–Crippen MR) is 92.5 cm³/mol. The molecule has 0 nitrogen and oxygen atoms in total. The minimum absolute atomic E-state index is 0.329. The van der Waals surface area contributed by atoms with E-state index in [4.69, 9.17) is 0 Å². The third-order valence-electron chi connectivity index (χ3n) is 4.98. The maximum absolute atomic E-state index is 3.74. The minimum atomic E-state index is 0.329. The first-order chi connectivity index (χ1) is 10.1. The van der Waals surface area contributed by atoms with E-state index in [1.165, 1.54) is 36.8 Å². The normalized spacial score (nSPS) is 26.2. The van der Waals surface area contributed by atoms with Crippen molar-refractivity contribution in [2.24, 2.45) is 5.92 Å². The third kappa shape index (κ3) is 3.99. The lowest BCUT2D eigenvalue weighted by Crippen LogP contribution is -2.31. The zero-order chi connectivity index (χ0) is 15.3. The van der Waals surface area contributed by atoms with Crippen LogP contribution in [0.3, 0.4) is 0 Å². The molecule has 1 aromatic carbocycles. The van der Waals surface area contributed by atoms with E-state index in [2.05, 4.69) is 69.5 Å². The molecule has 112 valence electrons. The van der Waals surface area contributed by atoms with Gasteiger partial charge in [-0.15, -0.1) is 5.73 Å². The molecule has 0 saturated heterocycles. The van der Waals surface area contributed by atoms with Gasteiger partial charge >= 0.3 is 0 Å². The molecular formula is C21H28. The molecule has 0 bridgehead atoms. The number of hydrogen-bond acceptors (Lipinski definition) is 0. The Morgan fingerprint density at radius 2 is 1.86 bits per heavy atom. The summed E-state index contributed by atoms with van der Waals surface area (Å²) in [5.41, 5.74) is 7.42.